The number of carboxylic acids is 1. The second kappa shape index (κ2) is 6.32. The van der Waals surface area contributed by atoms with Crippen molar-refractivity contribution in [1.29, 1.82) is 0 Å². The van der Waals surface area contributed by atoms with Crippen LogP contribution in [-0.4, -0.2) is 25.5 Å². The maximum atomic E-state index is 13.7. The number of halogens is 1. The Morgan fingerprint density at radius 3 is 2.45 bits per heavy atom. The van der Waals surface area contributed by atoms with Gasteiger partial charge in [0.2, 0.25) is 10.0 Å². The normalized spacial score (nSPS) is 13.4. The Kier molecular flexibility index (Phi) is 5.24. The molecule has 20 heavy (non-hydrogen) atoms. The molecule has 0 radical (unpaired) electrons. The van der Waals surface area contributed by atoms with Crippen molar-refractivity contribution in [1.82, 2.24) is 4.72 Å². The van der Waals surface area contributed by atoms with Crippen LogP contribution in [0.4, 0.5) is 4.39 Å². The van der Waals surface area contributed by atoms with E-state index >= 15 is 0 Å². The number of sulfonamides is 1. The molecule has 1 unspecified atom stereocenters. The molecule has 1 aromatic carbocycles. The van der Waals surface area contributed by atoms with Gasteiger partial charge >= 0.3 is 5.97 Å². The van der Waals surface area contributed by atoms with Crippen LogP contribution in [0.15, 0.2) is 23.1 Å². The molecular formula is C13H18FNO4S. The molecule has 5 nitrogen and oxygen atoms in total. The molecule has 0 spiro atoms. The van der Waals surface area contributed by atoms with Crippen molar-refractivity contribution in [2.24, 2.45) is 5.92 Å². The number of carboxylic acid groups (broad SMARTS) is 1. The second-order valence-electron chi connectivity index (χ2n) is 5.08. The lowest BCUT2D eigenvalue weighted by molar-refractivity contribution is -0.139. The van der Waals surface area contributed by atoms with E-state index in [0.29, 0.717) is 5.56 Å². The number of hydrogen-bond donors (Lipinski definition) is 2. The molecule has 1 rings (SSSR count). The molecular weight excluding hydrogens is 285 g/mol. The Morgan fingerprint density at radius 2 is 2.00 bits per heavy atom. The van der Waals surface area contributed by atoms with E-state index in [1.807, 2.05) is 4.72 Å². The monoisotopic (exact) mass is 303 g/mol. The zero-order valence-electron chi connectivity index (χ0n) is 11.6. The van der Waals surface area contributed by atoms with Crippen molar-refractivity contribution in [2.45, 2.75) is 38.1 Å². The fourth-order valence-corrected chi connectivity index (χ4v) is 3.01. The molecule has 0 aliphatic heterocycles. The van der Waals surface area contributed by atoms with Crippen molar-refractivity contribution >= 4 is 16.0 Å². The van der Waals surface area contributed by atoms with Crippen LogP contribution in [0.3, 0.4) is 0 Å². The van der Waals surface area contributed by atoms with Gasteiger partial charge in [-0.1, -0.05) is 19.9 Å². The van der Waals surface area contributed by atoms with E-state index in [-0.39, 0.29) is 12.3 Å². The van der Waals surface area contributed by atoms with E-state index in [4.69, 9.17) is 5.11 Å². The molecule has 0 amide bonds. The molecule has 0 heterocycles. The molecule has 112 valence electrons. The van der Waals surface area contributed by atoms with Gasteiger partial charge < -0.3 is 5.11 Å². The first-order valence-corrected chi connectivity index (χ1v) is 7.63. The minimum absolute atomic E-state index is 0.0123. The molecule has 0 aliphatic carbocycles. The molecule has 1 atom stereocenters. The Morgan fingerprint density at radius 1 is 1.40 bits per heavy atom. The van der Waals surface area contributed by atoms with Gasteiger partial charge in [-0.25, -0.2) is 12.8 Å². The summed E-state index contributed by atoms with van der Waals surface area (Å²) in [5.41, 5.74) is 0.582. The second-order valence-corrected chi connectivity index (χ2v) is 6.76. The molecule has 0 bridgehead atoms. The van der Waals surface area contributed by atoms with Crippen LogP contribution in [0.1, 0.15) is 25.8 Å². The third-order valence-corrected chi connectivity index (χ3v) is 4.18. The lowest BCUT2D eigenvalue weighted by Crippen LogP contribution is -2.41. The maximum absolute atomic E-state index is 13.7. The molecule has 7 heteroatoms. The maximum Gasteiger partial charge on any atom is 0.321 e. The summed E-state index contributed by atoms with van der Waals surface area (Å²) in [6.45, 7) is 5.18. The lowest BCUT2D eigenvalue weighted by atomic mass is 10.1. The van der Waals surface area contributed by atoms with Crippen LogP contribution in [0, 0.1) is 18.7 Å². The predicted octanol–water partition coefficient (Wildman–Crippen LogP) is 1.91. The standard InChI is InChI=1S/C13H18FNO4S/c1-8(2)6-11(13(16)17)15-20(18,19)12-5-4-9(3)7-10(12)14/h4-5,7-8,11,15H,6H2,1-3H3,(H,16,17). The van der Waals surface area contributed by atoms with E-state index in [1.165, 1.54) is 6.07 Å². The van der Waals surface area contributed by atoms with Crippen LogP contribution in [0.5, 0.6) is 0 Å². The fraction of sp³-hybridized carbons (Fsp3) is 0.462. The van der Waals surface area contributed by atoms with Gasteiger partial charge in [0.15, 0.2) is 0 Å². The highest BCUT2D eigenvalue weighted by atomic mass is 32.2. The third kappa shape index (κ3) is 4.28. The highest BCUT2D eigenvalue weighted by molar-refractivity contribution is 7.89. The van der Waals surface area contributed by atoms with E-state index in [9.17, 15) is 17.6 Å². The Bertz CT molecular complexity index is 598. The Labute approximate surface area is 117 Å². The number of benzene rings is 1. The van der Waals surface area contributed by atoms with Crippen LogP contribution >= 0.6 is 0 Å². The molecule has 0 saturated heterocycles. The topological polar surface area (TPSA) is 83.5 Å². The number of rotatable bonds is 6. The molecule has 0 aliphatic rings. The summed E-state index contributed by atoms with van der Waals surface area (Å²) >= 11 is 0. The highest BCUT2D eigenvalue weighted by Gasteiger charge is 2.27. The van der Waals surface area contributed by atoms with Crippen molar-refractivity contribution in [2.75, 3.05) is 0 Å². The van der Waals surface area contributed by atoms with Gasteiger partial charge in [-0.15, -0.1) is 0 Å². The van der Waals surface area contributed by atoms with Gasteiger partial charge in [0.05, 0.1) is 0 Å². The molecule has 0 fully saturated rings. The van der Waals surface area contributed by atoms with Crippen LogP contribution in [0.25, 0.3) is 0 Å². The van der Waals surface area contributed by atoms with Crippen LogP contribution in [-0.2, 0) is 14.8 Å². The van der Waals surface area contributed by atoms with Crippen molar-refractivity contribution in [3.05, 3.63) is 29.6 Å². The minimum atomic E-state index is -4.20. The average Bonchev–Trinajstić information content (AvgIpc) is 2.26. The van der Waals surface area contributed by atoms with Gasteiger partial charge in [-0.05, 0) is 37.0 Å². The van der Waals surface area contributed by atoms with E-state index in [1.54, 1.807) is 20.8 Å². The quantitative estimate of drug-likeness (QED) is 0.841. The number of nitrogens with one attached hydrogen (secondary N) is 1. The molecule has 0 aromatic heterocycles. The number of aliphatic carboxylic acids is 1. The van der Waals surface area contributed by atoms with Gasteiger partial charge in [0.25, 0.3) is 0 Å². The number of aryl methyl sites for hydroxylation is 1. The molecule has 2 N–H and O–H groups in total. The zero-order valence-corrected chi connectivity index (χ0v) is 12.4. The summed E-state index contributed by atoms with van der Waals surface area (Å²) < 4.78 is 39.8. The van der Waals surface area contributed by atoms with Crippen LogP contribution < -0.4 is 4.72 Å². The van der Waals surface area contributed by atoms with E-state index in [0.717, 1.165) is 12.1 Å². The van der Waals surface area contributed by atoms with Crippen molar-refractivity contribution < 1.29 is 22.7 Å². The van der Waals surface area contributed by atoms with Crippen molar-refractivity contribution in [3.63, 3.8) is 0 Å². The van der Waals surface area contributed by atoms with Gasteiger partial charge in [-0.3, -0.25) is 4.79 Å². The first kappa shape index (κ1) is 16.6. The van der Waals surface area contributed by atoms with Crippen molar-refractivity contribution in [3.8, 4) is 0 Å². The Balaban J connectivity index is 3.06. The largest absolute Gasteiger partial charge is 0.480 e. The van der Waals surface area contributed by atoms with E-state index < -0.39 is 32.7 Å². The van der Waals surface area contributed by atoms with Crippen LogP contribution in [0.2, 0.25) is 0 Å². The summed E-state index contributed by atoms with van der Waals surface area (Å²) in [5, 5.41) is 9.03. The predicted molar refractivity (Wildman–Crippen MR) is 72.3 cm³/mol. The third-order valence-electron chi connectivity index (χ3n) is 2.68. The van der Waals surface area contributed by atoms with Gasteiger partial charge in [0, 0.05) is 0 Å². The summed E-state index contributed by atoms with van der Waals surface area (Å²) in [7, 11) is -4.20. The first-order chi connectivity index (χ1) is 9.13. The Hall–Kier alpha value is -1.47. The summed E-state index contributed by atoms with van der Waals surface area (Å²) in [6.07, 6.45) is 0.127. The number of hydrogen-bond acceptors (Lipinski definition) is 3. The highest BCUT2D eigenvalue weighted by Crippen LogP contribution is 2.17. The smallest absolute Gasteiger partial charge is 0.321 e. The van der Waals surface area contributed by atoms with Gasteiger partial charge in [-0.2, -0.15) is 4.72 Å². The fourth-order valence-electron chi connectivity index (χ4n) is 1.75. The average molecular weight is 303 g/mol. The molecule has 1 aromatic rings. The minimum Gasteiger partial charge on any atom is -0.480 e. The van der Waals surface area contributed by atoms with Gasteiger partial charge in [0.1, 0.15) is 16.8 Å². The first-order valence-electron chi connectivity index (χ1n) is 6.14. The van der Waals surface area contributed by atoms with E-state index in [2.05, 4.69) is 0 Å². The zero-order chi connectivity index (χ0) is 15.5. The summed E-state index contributed by atoms with van der Waals surface area (Å²) in [5.74, 6) is -2.19. The SMILES string of the molecule is Cc1ccc(S(=O)(=O)NC(CC(C)C)C(=O)O)c(F)c1. The number of carbonyl (C=O) groups is 1. The summed E-state index contributed by atoms with van der Waals surface area (Å²) in [4.78, 5) is 10.5. The lowest BCUT2D eigenvalue weighted by Gasteiger charge is -2.17. The molecule has 0 saturated carbocycles. The summed E-state index contributed by atoms with van der Waals surface area (Å²) in [6, 6.07) is 2.39.